The van der Waals surface area contributed by atoms with E-state index in [9.17, 15) is 4.79 Å². The van der Waals surface area contributed by atoms with Crippen LogP contribution in [0.25, 0.3) is 0 Å². The topological polar surface area (TPSA) is 17.1 Å². The van der Waals surface area contributed by atoms with Gasteiger partial charge in [0, 0.05) is 0 Å². The van der Waals surface area contributed by atoms with Crippen LogP contribution < -0.4 is 4.46 Å². The number of benzene rings is 1. The normalized spacial score (nSPS) is 9.92. The van der Waals surface area contributed by atoms with Crippen molar-refractivity contribution in [1.29, 1.82) is 0 Å². The van der Waals surface area contributed by atoms with E-state index in [-0.39, 0.29) is 0 Å². The summed E-state index contributed by atoms with van der Waals surface area (Å²) in [6.07, 6.45) is 1.44. The Morgan fingerprint density at radius 3 is 2.62 bits per heavy atom. The molecule has 0 saturated heterocycles. The second-order valence-electron chi connectivity index (χ2n) is 2.80. The van der Waals surface area contributed by atoms with Gasteiger partial charge in [-0.15, -0.1) is 0 Å². The van der Waals surface area contributed by atoms with E-state index in [1.165, 1.54) is 4.46 Å². The SMILES string of the molecule is CCC(=O)CC[Se]c1ccccc1. The second kappa shape index (κ2) is 5.95. The number of rotatable bonds is 5. The van der Waals surface area contributed by atoms with Crippen LogP contribution in [0.5, 0.6) is 0 Å². The van der Waals surface area contributed by atoms with Crippen LogP contribution in [0, 0.1) is 0 Å². The van der Waals surface area contributed by atoms with Gasteiger partial charge in [0.15, 0.2) is 0 Å². The number of Topliss-reactive ketones (excluding diaryl/α,β-unsaturated/α-hetero) is 1. The van der Waals surface area contributed by atoms with E-state index in [0.29, 0.717) is 27.2 Å². The molecule has 0 aliphatic rings. The Labute approximate surface area is 85.7 Å². The van der Waals surface area contributed by atoms with Gasteiger partial charge < -0.3 is 0 Å². The van der Waals surface area contributed by atoms with E-state index >= 15 is 0 Å². The van der Waals surface area contributed by atoms with Gasteiger partial charge in [-0.25, -0.2) is 0 Å². The maximum atomic E-state index is 11.0. The van der Waals surface area contributed by atoms with E-state index in [2.05, 4.69) is 24.3 Å². The average Bonchev–Trinajstić information content (AvgIpc) is 2.19. The monoisotopic (exact) mass is 242 g/mol. The first kappa shape index (κ1) is 10.5. The fourth-order valence-electron chi connectivity index (χ4n) is 0.976. The van der Waals surface area contributed by atoms with E-state index < -0.39 is 0 Å². The predicted molar refractivity (Wildman–Crippen MR) is 56.6 cm³/mol. The van der Waals surface area contributed by atoms with E-state index in [4.69, 9.17) is 0 Å². The van der Waals surface area contributed by atoms with Crippen molar-refractivity contribution >= 4 is 25.2 Å². The molecule has 0 unspecified atom stereocenters. The van der Waals surface area contributed by atoms with Crippen LogP contribution in [-0.2, 0) is 4.79 Å². The van der Waals surface area contributed by atoms with Crippen LogP contribution >= 0.6 is 0 Å². The summed E-state index contributed by atoms with van der Waals surface area (Å²) < 4.78 is 1.39. The fourth-order valence-corrected chi connectivity index (χ4v) is 2.90. The molecule has 0 aliphatic heterocycles. The Kier molecular flexibility index (Phi) is 4.80. The molecule has 0 bridgehead atoms. The molecule has 0 atom stereocenters. The first-order chi connectivity index (χ1) is 6.33. The fraction of sp³-hybridized carbons (Fsp3) is 0.364. The molecule has 1 rings (SSSR count). The Balaban J connectivity index is 2.24. The molecule has 2 heteroatoms. The first-order valence-corrected chi connectivity index (χ1v) is 6.59. The third kappa shape index (κ3) is 4.25. The van der Waals surface area contributed by atoms with Crippen molar-refractivity contribution in [3.05, 3.63) is 30.3 Å². The quantitative estimate of drug-likeness (QED) is 0.718. The Morgan fingerprint density at radius 2 is 2.00 bits per heavy atom. The summed E-state index contributed by atoms with van der Waals surface area (Å²) in [4.78, 5) is 11.0. The Morgan fingerprint density at radius 1 is 1.31 bits per heavy atom. The molecule has 1 nitrogen and oxygen atoms in total. The zero-order valence-electron chi connectivity index (χ0n) is 7.82. The maximum absolute atomic E-state index is 11.0. The van der Waals surface area contributed by atoms with Gasteiger partial charge in [0.2, 0.25) is 0 Å². The van der Waals surface area contributed by atoms with Crippen molar-refractivity contribution in [2.45, 2.75) is 25.1 Å². The summed E-state index contributed by atoms with van der Waals surface area (Å²) in [5.41, 5.74) is 0. The molecule has 13 heavy (non-hydrogen) atoms. The number of carbonyl (C=O) groups is 1. The average molecular weight is 241 g/mol. The first-order valence-electron chi connectivity index (χ1n) is 4.52. The van der Waals surface area contributed by atoms with Crippen LogP contribution in [-0.4, -0.2) is 20.7 Å². The van der Waals surface area contributed by atoms with Crippen LogP contribution in [0.4, 0.5) is 0 Å². The number of ketones is 1. The molecule has 0 amide bonds. The second-order valence-corrected chi connectivity index (χ2v) is 5.25. The van der Waals surface area contributed by atoms with Crippen molar-refractivity contribution in [3.8, 4) is 0 Å². The molecule has 0 aliphatic carbocycles. The predicted octanol–water partition coefficient (Wildman–Crippen LogP) is 1.80. The van der Waals surface area contributed by atoms with Crippen molar-refractivity contribution in [2.24, 2.45) is 0 Å². The Hall–Kier alpha value is -0.591. The molecule has 1 aromatic carbocycles. The third-order valence-electron chi connectivity index (χ3n) is 1.79. The van der Waals surface area contributed by atoms with Crippen LogP contribution in [0.1, 0.15) is 19.8 Å². The van der Waals surface area contributed by atoms with Gasteiger partial charge >= 0.3 is 85.4 Å². The molecular formula is C11H14OSe. The van der Waals surface area contributed by atoms with E-state index in [1.54, 1.807) is 0 Å². The molecule has 0 fully saturated rings. The molecule has 0 aromatic heterocycles. The van der Waals surface area contributed by atoms with Gasteiger partial charge in [0.25, 0.3) is 0 Å². The van der Waals surface area contributed by atoms with Crippen molar-refractivity contribution in [1.82, 2.24) is 0 Å². The zero-order chi connectivity index (χ0) is 9.52. The molecule has 0 heterocycles. The van der Waals surface area contributed by atoms with Crippen LogP contribution in [0.15, 0.2) is 30.3 Å². The summed E-state index contributed by atoms with van der Waals surface area (Å²) in [5, 5.41) is 1.05. The summed E-state index contributed by atoms with van der Waals surface area (Å²) >= 11 is 0.478. The van der Waals surface area contributed by atoms with E-state index in [1.807, 2.05) is 13.0 Å². The van der Waals surface area contributed by atoms with Gasteiger partial charge in [0.05, 0.1) is 0 Å². The molecule has 0 radical (unpaired) electrons. The van der Waals surface area contributed by atoms with Gasteiger partial charge in [0.1, 0.15) is 0 Å². The number of carbonyl (C=O) groups excluding carboxylic acids is 1. The molecule has 70 valence electrons. The number of hydrogen-bond acceptors (Lipinski definition) is 1. The van der Waals surface area contributed by atoms with Gasteiger partial charge in [-0.2, -0.15) is 0 Å². The van der Waals surface area contributed by atoms with Gasteiger partial charge in [-0.05, 0) is 0 Å². The standard InChI is InChI=1S/C11H14OSe/c1-2-10(12)8-9-13-11-6-4-3-5-7-11/h3-7H,2,8-9H2,1H3. The molecule has 0 N–H and O–H groups in total. The summed E-state index contributed by atoms with van der Waals surface area (Å²) in [7, 11) is 0. The summed E-state index contributed by atoms with van der Waals surface area (Å²) in [5.74, 6) is 0.387. The Bertz CT molecular complexity index is 256. The van der Waals surface area contributed by atoms with Crippen molar-refractivity contribution in [2.75, 3.05) is 0 Å². The minimum atomic E-state index is 0.387. The van der Waals surface area contributed by atoms with Gasteiger partial charge in [-0.3, -0.25) is 0 Å². The summed E-state index contributed by atoms with van der Waals surface area (Å²) in [6, 6.07) is 10.4. The molecule has 0 saturated carbocycles. The van der Waals surface area contributed by atoms with Crippen LogP contribution in [0.3, 0.4) is 0 Å². The molecule has 0 spiro atoms. The van der Waals surface area contributed by atoms with Crippen LogP contribution in [0.2, 0.25) is 5.32 Å². The number of hydrogen-bond donors (Lipinski definition) is 0. The molecule has 1 aromatic rings. The zero-order valence-corrected chi connectivity index (χ0v) is 9.54. The minimum absolute atomic E-state index is 0.387. The molecular weight excluding hydrogens is 227 g/mol. The van der Waals surface area contributed by atoms with Crippen molar-refractivity contribution < 1.29 is 4.79 Å². The van der Waals surface area contributed by atoms with Crippen molar-refractivity contribution in [3.63, 3.8) is 0 Å². The summed E-state index contributed by atoms with van der Waals surface area (Å²) in [6.45, 7) is 1.93. The third-order valence-corrected chi connectivity index (χ3v) is 3.91. The van der Waals surface area contributed by atoms with E-state index in [0.717, 1.165) is 11.7 Å². The van der Waals surface area contributed by atoms with Gasteiger partial charge in [-0.1, -0.05) is 0 Å².